The number of ether oxygens (including phenoxy) is 1. The lowest BCUT2D eigenvalue weighted by molar-refractivity contribution is -0.146. The van der Waals surface area contributed by atoms with Crippen LogP contribution < -0.4 is 5.32 Å². The number of nitrogens with one attached hydrogen (secondary N) is 1. The Labute approximate surface area is 129 Å². The highest BCUT2D eigenvalue weighted by Crippen LogP contribution is 2.21. The zero-order valence-electron chi connectivity index (χ0n) is 13.8. The van der Waals surface area contributed by atoms with E-state index in [0.717, 1.165) is 26.1 Å². The van der Waals surface area contributed by atoms with E-state index in [-0.39, 0.29) is 12.0 Å². The average Bonchev–Trinajstić information content (AvgIpc) is 3.28. The molecule has 0 aromatic carbocycles. The fourth-order valence-corrected chi connectivity index (χ4v) is 3.02. The van der Waals surface area contributed by atoms with Crippen molar-refractivity contribution in [3.8, 4) is 0 Å². The summed E-state index contributed by atoms with van der Waals surface area (Å²) in [7, 11) is 4.33. The summed E-state index contributed by atoms with van der Waals surface area (Å²) >= 11 is 0. The molecule has 122 valence electrons. The second kappa shape index (κ2) is 8.11. The number of carbonyl (C=O) groups is 1. The van der Waals surface area contributed by atoms with Crippen LogP contribution in [-0.2, 0) is 9.53 Å². The first-order chi connectivity index (χ1) is 10.1. The van der Waals surface area contributed by atoms with Gasteiger partial charge in [-0.15, -0.1) is 0 Å². The van der Waals surface area contributed by atoms with E-state index >= 15 is 0 Å². The molecule has 2 rings (SSSR count). The maximum Gasteiger partial charge on any atom is 0.323 e. The van der Waals surface area contributed by atoms with Crippen molar-refractivity contribution in [2.24, 2.45) is 0 Å². The van der Waals surface area contributed by atoms with E-state index in [0.29, 0.717) is 18.7 Å². The molecular formula is C16H31N3O2. The first-order valence-corrected chi connectivity index (χ1v) is 8.41. The van der Waals surface area contributed by atoms with E-state index in [9.17, 15) is 4.79 Å². The summed E-state index contributed by atoms with van der Waals surface area (Å²) in [4.78, 5) is 16.8. The average molecular weight is 297 g/mol. The molecule has 2 aliphatic rings. The molecule has 21 heavy (non-hydrogen) atoms. The van der Waals surface area contributed by atoms with Crippen molar-refractivity contribution in [3.63, 3.8) is 0 Å². The Morgan fingerprint density at radius 3 is 2.48 bits per heavy atom. The number of nitrogens with zero attached hydrogens (tertiary/aromatic N) is 2. The molecule has 0 aromatic heterocycles. The van der Waals surface area contributed by atoms with Crippen LogP contribution in [0.15, 0.2) is 0 Å². The van der Waals surface area contributed by atoms with Crippen molar-refractivity contribution in [2.75, 3.05) is 40.3 Å². The van der Waals surface area contributed by atoms with E-state index in [1.165, 1.54) is 25.7 Å². The number of hydrogen-bond acceptors (Lipinski definition) is 5. The lowest BCUT2D eigenvalue weighted by atomic mass is 10.0. The van der Waals surface area contributed by atoms with E-state index in [1.807, 2.05) is 6.92 Å². The van der Waals surface area contributed by atoms with Crippen molar-refractivity contribution >= 4 is 5.97 Å². The van der Waals surface area contributed by atoms with Crippen LogP contribution in [0.1, 0.15) is 39.0 Å². The number of piperidine rings is 1. The van der Waals surface area contributed by atoms with Crippen LogP contribution in [0.4, 0.5) is 0 Å². The molecule has 5 heteroatoms. The lowest BCUT2D eigenvalue weighted by Gasteiger charge is -2.35. The third-order valence-electron chi connectivity index (χ3n) is 4.61. The summed E-state index contributed by atoms with van der Waals surface area (Å²) in [5.74, 6) is -0.0763. The van der Waals surface area contributed by atoms with Gasteiger partial charge in [-0.05, 0) is 66.2 Å². The summed E-state index contributed by atoms with van der Waals surface area (Å²) in [6.07, 6.45) is 5.72. The Balaban J connectivity index is 1.72. The number of esters is 1. The van der Waals surface area contributed by atoms with Crippen LogP contribution in [0.25, 0.3) is 0 Å². The fourth-order valence-electron chi connectivity index (χ4n) is 3.02. The Bertz CT molecular complexity index is 323. The zero-order chi connectivity index (χ0) is 15.2. The Kier molecular flexibility index (Phi) is 6.45. The highest BCUT2D eigenvalue weighted by molar-refractivity contribution is 5.75. The van der Waals surface area contributed by atoms with Crippen molar-refractivity contribution in [1.29, 1.82) is 0 Å². The molecule has 2 fully saturated rings. The third-order valence-corrected chi connectivity index (χ3v) is 4.61. The molecule has 1 unspecified atom stereocenters. The van der Waals surface area contributed by atoms with Gasteiger partial charge in [-0.1, -0.05) is 0 Å². The molecule has 0 aromatic rings. The summed E-state index contributed by atoms with van der Waals surface area (Å²) < 4.78 is 5.19. The van der Waals surface area contributed by atoms with Gasteiger partial charge in [-0.25, -0.2) is 0 Å². The summed E-state index contributed by atoms with van der Waals surface area (Å²) in [6, 6.07) is 1.13. The minimum absolute atomic E-state index is 0.0763. The molecule has 1 saturated carbocycles. The van der Waals surface area contributed by atoms with E-state index in [4.69, 9.17) is 4.74 Å². The van der Waals surface area contributed by atoms with Crippen molar-refractivity contribution < 1.29 is 9.53 Å². The largest absolute Gasteiger partial charge is 0.465 e. The van der Waals surface area contributed by atoms with Gasteiger partial charge in [-0.3, -0.25) is 4.79 Å². The standard InChI is InChI=1S/C16H31N3O2/c1-4-21-16(20)15(17-13-5-6-13)9-12-19-10-7-14(8-11-19)18(2)3/h13-15,17H,4-12H2,1-3H3. The van der Waals surface area contributed by atoms with Crippen molar-refractivity contribution in [1.82, 2.24) is 15.1 Å². The first-order valence-electron chi connectivity index (χ1n) is 8.41. The second-order valence-corrected chi connectivity index (χ2v) is 6.57. The van der Waals surface area contributed by atoms with Gasteiger partial charge in [0.05, 0.1) is 6.61 Å². The minimum Gasteiger partial charge on any atom is -0.465 e. The quantitative estimate of drug-likeness (QED) is 0.679. The van der Waals surface area contributed by atoms with Crippen LogP contribution in [0, 0.1) is 0 Å². The van der Waals surface area contributed by atoms with Crippen LogP contribution in [-0.4, -0.2) is 74.2 Å². The maximum absolute atomic E-state index is 12.0. The molecular weight excluding hydrogens is 266 g/mol. The third kappa shape index (κ3) is 5.57. The Hall–Kier alpha value is -0.650. The normalized spacial score (nSPS) is 22.5. The lowest BCUT2D eigenvalue weighted by Crippen LogP contribution is -2.45. The van der Waals surface area contributed by atoms with Crippen LogP contribution in [0.3, 0.4) is 0 Å². The first kappa shape index (κ1) is 16.7. The van der Waals surface area contributed by atoms with Gasteiger partial charge in [0.25, 0.3) is 0 Å². The molecule has 0 radical (unpaired) electrons. The summed E-state index contributed by atoms with van der Waals surface area (Å²) in [6.45, 7) is 5.61. The second-order valence-electron chi connectivity index (χ2n) is 6.57. The number of hydrogen-bond donors (Lipinski definition) is 1. The van der Waals surface area contributed by atoms with Gasteiger partial charge in [0.2, 0.25) is 0 Å². The molecule has 0 bridgehead atoms. The van der Waals surface area contributed by atoms with Gasteiger partial charge >= 0.3 is 5.97 Å². The Morgan fingerprint density at radius 2 is 1.95 bits per heavy atom. The van der Waals surface area contributed by atoms with E-state index in [1.54, 1.807) is 0 Å². The molecule has 1 aliphatic heterocycles. The van der Waals surface area contributed by atoms with E-state index in [2.05, 4.69) is 29.2 Å². The number of rotatable bonds is 8. The van der Waals surface area contributed by atoms with Gasteiger partial charge in [0.15, 0.2) is 0 Å². The highest BCUT2D eigenvalue weighted by atomic mass is 16.5. The highest BCUT2D eigenvalue weighted by Gasteiger charge is 2.30. The molecule has 1 saturated heterocycles. The van der Waals surface area contributed by atoms with Crippen LogP contribution >= 0.6 is 0 Å². The molecule has 0 spiro atoms. The molecule has 1 atom stereocenters. The summed E-state index contributed by atoms with van der Waals surface area (Å²) in [5, 5.41) is 3.43. The van der Waals surface area contributed by atoms with Gasteiger partial charge < -0.3 is 19.9 Å². The SMILES string of the molecule is CCOC(=O)C(CCN1CCC(N(C)C)CC1)NC1CC1. The maximum atomic E-state index is 12.0. The molecule has 1 N–H and O–H groups in total. The van der Waals surface area contributed by atoms with E-state index < -0.39 is 0 Å². The van der Waals surface area contributed by atoms with Crippen LogP contribution in [0.5, 0.6) is 0 Å². The summed E-state index contributed by atoms with van der Waals surface area (Å²) in [5.41, 5.74) is 0. The predicted octanol–water partition coefficient (Wildman–Crippen LogP) is 1.09. The molecule has 1 heterocycles. The smallest absolute Gasteiger partial charge is 0.323 e. The molecule has 0 amide bonds. The predicted molar refractivity (Wildman–Crippen MR) is 84.3 cm³/mol. The molecule has 5 nitrogen and oxygen atoms in total. The van der Waals surface area contributed by atoms with Crippen molar-refractivity contribution in [3.05, 3.63) is 0 Å². The number of likely N-dealkylation sites (tertiary alicyclic amines) is 1. The zero-order valence-corrected chi connectivity index (χ0v) is 13.8. The van der Waals surface area contributed by atoms with Gasteiger partial charge in [-0.2, -0.15) is 0 Å². The monoisotopic (exact) mass is 297 g/mol. The molecule has 1 aliphatic carbocycles. The minimum atomic E-state index is -0.121. The topological polar surface area (TPSA) is 44.8 Å². The Morgan fingerprint density at radius 1 is 1.29 bits per heavy atom. The van der Waals surface area contributed by atoms with Gasteiger partial charge in [0.1, 0.15) is 6.04 Å². The fraction of sp³-hybridized carbons (Fsp3) is 0.938. The van der Waals surface area contributed by atoms with Crippen molar-refractivity contribution in [2.45, 2.75) is 57.2 Å². The van der Waals surface area contributed by atoms with Crippen LogP contribution in [0.2, 0.25) is 0 Å². The van der Waals surface area contributed by atoms with Gasteiger partial charge in [0, 0.05) is 18.6 Å². The number of carbonyl (C=O) groups excluding carboxylic acids is 1.